The molecular formula is C20H29NO5. The Morgan fingerprint density at radius 1 is 1.19 bits per heavy atom. The largest absolute Gasteiger partial charge is 0.461 e. The average molecular weight is 363 g/mol. The van der Waals surface area contributed by atoms with Crippen molar-refractivity contribution in [3.63, 3.8) is 0 Å². The minimum absolute atomic E-state index is 0.0294. The highest BCUT2D eigenvalue weighted by Crippen LogP contribution is 2.60. The van der Waals surface area contributed by atoms with Crippen molar-refractivity contribution in [3.8, 4) is 0 Å². The van der Waals surface area contributed by atoms with Gasteiger partial charge in [-0.3, -0.25) is 14.4 Å². The summed E-state index contributed by atoms with van der Waals surface area (Å²) in [7, 11) is 0. The third-order valence-electron chi connectivity index (χ3n) is 6.14. The van der Waals surface area contributed by atoms with Crippen molar-refractivity contribution in [2.75, 3.05) is 13.1 Å². The Morgan fingerprint density at radius 3 is 2.65 bits per heavy atom. The van der Waals surface area contributed by atoms with Crippen molar-refractivity contribution in [2.24, 2.45) is 11.3 Å². The van der Waals surface area contributed by atoms with Crippen molar-refractivity contribution in [1.29, 1.82) is 0 Å². The normalized spacial score (nSPS) is 39.3. The number of nitrogens with one attached hydrogen (secondary N) is 1. The van der Waals surface area contributed by atoms with Gasteiger partial charge in [0.15, 0.2) is 5.78 Å². The minimum atomic E-state index is -0.714. The van der Waals surface area contributed by atoms with Crippen molar-refractivity contribution >= 4 is 17.7 Å². The van der Waals surface area contributed by atoms with Crippen molar-refractivity contribution < 1.29 is 23.9 Å². The first-order chi connectivity index (χ1) is 12.3. The standard InChI is InChI=1S/C20H29NO5/c1-13(22)25-18-12-19(3,26-14(2)23)11-15-10-17(24)16-6-4-8-21-9-5-7-20(15,16)18/h6,15,18,21H,4-5,7-12H2,1-3H3/b16-6-/t15-,18-,19-,20+/m0/s1. The monoisotopic (exact) mass is 363 g/mol. The third-order valence-corrected chi connectivity index (χ3v) is 6.14. The van der Waals surface area contributed by atoms with E-state index in [9.17, 15) is 14.4 Å². The molecule has 1 N–H and O–H groups in total. The van der Waals surface area contributed by atoms with Gasteiger partial charge in [-0.15, -0.1) is 0 Å². The molecule has 0 radical (unpaired) electrons. The number of rotatable bonds is 2. The predicted molar refractivity (Wildman–Crippen MR) is 95.3 cm³/mol. The molecule has 1 heterocycles. The van der Waals surface area contributed by atoms with Crippen molar-refractivity contribution in [1.82, 2.24) is 5.32 Å². The fourth-order valence-corrected chi connectivity index (χ4v) is 5.40. The predicted octanol–water partition coefficient (Wildman–Crippen LogP) is 2.31. The molecule has 0 bridgehead atoms. The van der Waals surface area contributed by atoms with Gasteiger partial charge in [0, 0.05) is 37.7 Å². The molecule has 0 saturated heterocycles. The zero-order chi connectivity index (χ0) is 18.9. The molecule has 144 valence electrons. The lowest BCUT2D eigenvalue weighted by Gasteiger charge is -2.51. The Bertz CT molecular complexity index is 642. The molecule has 6 heteroatoms. The molecular weight excluding hydrogens is 334 g/mol. The maximum atomic E-state index is 12.9. The SMILES string of the molecule is CC(=O)O[C@H]1C[C@@](C)(OC(C)=O)C[C@@H]2CC(=O)/C3=C/CCNCCC[C@]321. The number of Topliss-reactive ketones (excluding diaryl/α,β-unsaturated/α-hetero) is 1. The summed E-state index contributed by atoms with van der Waals surface area (Å²) in [6.45, 7) is 6.42. The van der Waals surface area contributed by atoms with Crippen LogP contribution in [0.3, 0.4) is 0 Å². The number of hydrogen-bond donors (Lipinski definition) is 1. The number of carbonyl (C=O) groups is 3. The van der Waals surface area contributed by atoms with Gasteiger partial charge in [-0.1, -0.05) is 6.08 Å². The quantitative estimate of drug-likeness (QED) is 0.758. The summed E-state index contributed by atoms with van der Waals surface area (Å²) in [5.74, 6) is -0.515. The van der Waals surface area contributed by atoms with Crippen LogP contribution in [0.2, 0.25) is 0 Å². The van der Waals surface area contributed by atoms with Gasteiger partial charge in [-0.25, -0.2) is 0 Å². The molecule has 6 nitrogen and oxygen atoms in total. The van der Waals surface area contributed by atoms with Crippen LogP contribution in [0.1, 0.15) is 59.3 Å². The lowest BCUT2D eigenvalue weighted by molar-refractivity contribution is -0.185. The van der Waals surface area contributed by atoms with E-state index in [1.807, 2.05) is 13.0 Å². The highest BCUT2D eigenvalue weighted by atomic mass is 16.6. The van der Waals surface area contributed by atoms with Crippen LogP contribution < -0.4 is 5.32 Å². The molecule has 2 fully saturated rings. The molecule has 3 rings (SSSR count). The van der Waals surface area contributed by atoms with Gasteiger partial charge in [0.1, 0.15) is 11.7 Å². The van der Waals surface area contributed by atoms with Gasteiger partial charge in [-0.05, 0) is 51.6 Å². The summed E-state index contributed by atoms with van der Waals surface area (Å²) in [6.07, 6.45) is 5.61. The summed E-state index contributed by atoms with van der Waals surface area (Å²) < 4.78 is 11.4. The van der Waals surface area contributed by atoms with Crippen molar-refractivity contribution in [3.05, 3.63) is 11.6 Å². The van der Waals surface area contributed by atoms with E-state index in [0.717, 1.165) is 37.9 Å². The molecule has 3 aliphatic rings. The molecule has 4 atom stereocenters. The van der Waals surface area contributed by atoms with Gasteiger partial charge in [-0.2, -0.15) is 0 Å². The first-order valence-corrected chi connectivity index (χ1v) is 9.58. The number of hydrogen-bond acceptors (Lipinski definition) is 6. The second kappa shape index (κ2) is 7.14. The van der Waals surface area contributed by atoms with E-state index in [4.69, 9.17) is 9.47 Å². The second-order valence-electron chi connectivity index (χ2n) is 8.17. The molecule has 2 saturated carbocycles. The number of esters is 2. The van der Waals surface area contributed by atoms with Gasteiger partial charge < -0.3 is 14.8 Å². The van der Waals surface area contributed by atoms with Crippen LogP contribution in [0.15, 0.2) is 11.6 Å². The van der Waals surface area contributed by atoms with E-state index in [-0.39, 0.29) is 23.6 Å². The minimum Gasteiger partial charge on any atom is -0.461 e. The van der Waals surface area contributed by atoms with Crippen molar-refractivity contribution in [2.45, 2.75) is 71.0 Å². The fourth-order valence-electron chi connectivity index (χ4n) is 5.40. The lowest BCUT2D eigenvalue weighted by atomic mass is 9.58. The number of ether oxygens (including phenoxy) is 2. The van der Waals surface area contributed by atoms with Gasteiger partial charge >= 0.3 is 11.9 Å². The van der Waals surface area contributed by atoms with E-state index >= 15 is 0 Å². The number of carbonyl (C=O) groups excluding carboxylic acids is 3. The first-order valence-electron chi connectivity index (χ1n) is 9.58. The maximum Gasteiger partial charge on any atom is 0.303 e. The van der Waals surface area contributed by atoms with Crippen LogP contribution in [0.4, 0.5) is 0 Å². The zero-order valence-corrected chi connectivity index (χ0v) is 15.9. The summed E-state index contributed by atoms with van der Waals surface area (Å²) in [4.78, 5) is 36.3. The van der Waals surface area contributed by atoms with Crippen LogP contribution in [0.5, 0.6) is 0 Å². The number of ketones is 1. The van der Waals surface area contributed by atoms with E-state index in [0.29, 0.717) is 19.3 Å². The summed E-state index contributed by atoms with van der Waals surface area (Å²) in [6, 6.07) is 0. The van der Waals surface area contributed by atoms with Crippen LogP contribution in [-0.4, -0.2) is 42.5 Å². The molecule has 0 aromatic rings. The van der Waals surface area contributed by atoms with Gasteiger partial charge in [0.05, 0.1) is 0 Å². The highest BCUT2D eigenvalue weighted by Gasteiger charge is 2.62. The topological polar surface area (TPSA) is 81.7 Å². The van der Waals surface area contributed by atoms with Gasteiger partial charge in [0.2, 0.25) is 0 Å². The summed E-state index contributed by atoms with van der Waals surface area (Å²) in [5, 5.41) is 3.39. The Kier molecular flexibility index (Phi) is 5.24. The Hall–Kier alpha value is -1.69. The fraction of sp³-hybridized carbons (Fsp3) is 0.750. The maximum absolute atomic E-state index is 12.9. The molecule has 2 aliphatic carbocycles. The Labute approximate surface area is 154 Å². The van der Waals surface area contributed by atoms with E-state index in [1.165, 1.54) is 13.8 Å². The zero-order valence-electron chi connectivity index (χ0n) is 15.9. The van der Waals surface area contributed by atoms with E-state index in [1.54, 1.807) is 0 Å². The third kappa shape index (κ3) is 3.43. The molecule has 0 aromatic heterocycles. The lowest BCUT2D eigenvalue weighted by Crippen LogP contribution is -2.54. The summed E-state index contributed by atoms with van der Waals surface area (Å²) >= 11 is 0. The molecule has 0 unspecified atom stereocenters. The molecule has 0 aromatic carbocycles. The average Bonchev–Trinajstić information content (AvgIpc) is 2.82. The first kappa shape index (κ1) is 19.1. The smallest absolute Gasteiger partial charge is 0.303 e. The second-order valence-corrected chi connectivity index (χ2v) is 8.17. The summed E-state index contributed by atoms with van der Waals surface area (Å²) in [5.41, 5.74) is -0.328. The molecule has 1 spiro atoms. The Morgan fingerprint density at radius 2 is 1.96 bits per heavy atom. The van der Waals surface area contributed by atoms with E-state index < -0.39 is 17.1 Å². The van der Waals surface area contributed by atoms with E-state index in [2.05, 4.69) is 5.32 Å². The van der Waals surface area contributed by atoms with Crippen LogP contribution in [0, 0.1) is 11.3 Å². The molecule has 26 heavy (non-hydrogen) atoms. The van der Waals surface area contributed by atoms with Crippen LogP contribution in [0.25, 0.3) is 0 Å². The molecule has 1 aliphatic heterocycles. The highest BCUT2D eigenvalue weighted by molar-refractivity contribution is 6.00. The molecule has 0 amide bonds. The van der Waals surface area contributed by atoms with Gasteiger partial charge in [0.25, 0.3) is 0 Å². The Balaban J connectivity index is 2.04. The van der Waals surface area contributed by atoms with Crippen LogP contribution >= 0.6 is 0 Å². The van der Waals surface area contributed by atoms with Crippen LogP contribution in [-0.2, 0) is 23.9 Å².